The Morgan fingerprint density at radius 2 is 2.10 bits per heavy atom. The Morgan fingerprint density at radius 1 is 1.30 bits per heavy atom. The number of nitrogens with zero attached hydrogens (tertiary/aromatic N) is 3. The molecule has 20 heavy (non-hydrogen) atoms. The van der Waals surface area contributed by atoms with Crippen molar-refractivity contribution in [3.8, 4) is 10.8 Å². The Morgan fingerprint density at radius 3 is 2.80 bits per heavy atom. The van der Waals surface area contributed by atoms with Crippen molar-refractivity contribution in [1.29, 1.82) is 0 Å². The fraction of sp³-hybridized carbons (Fsp3) is 0.571. The third-order valence-corrected chi connectivity index (χ3v) is 5.23. The number of aromatic nitrogens is 2. The van der Waals surface area contributed by atoms with Crippen LogP contribution in [-0.4, -0.2) is 38.4 Å². The van der Waals surface area contributed by atoms with E-state index >= 15 is 0 Å². The van der Waals surface area contributed by atoms with Gasteiger partial charge in [-0.05, 0) is 37.1 Å². The van der Waals surface area contributed by atoms with Gasteiger partial charge in [-0.15, -0.1) is 21.5 Å². The van der Waals surface area contributed by atoms with E-state index in [2.05, 4.69) is 15.1 Å². The lowest BCUT2D eigenvalue weighted by Gasteiger charge is -2.36. The number of aliphatic hydroxyl groups is 1. The number of hydrogen-bond acceptors (Lipinski definition) is 6. The predicted octanol–water partition coefficient (Wildman–Crippen LogP) is 2.29. The van der Waals surface area contributed by atoms with Crippen LogP contribution in [0, 0.1) is 0 Å². The second kappa shape index (κ2) is 4.95. The summed E-state index contributed by atoms with van der Waals surface area (Å²) < 4.78 is 5.77. The van der Waals surface area contributed by atoms with Crippen molar-refractivity contribution in [3.63, 3.8) is 0 Å². The van der Waals surface area contributed by atoms with Crippen LogP contribution in [-0.2, 0) is 6.54 Å². The molecule has 6 heteroatoms. The number of piperidine rings is 1. The molecule has 2 aliphatic rings. The highest BCUT2D eigenvalue weighted by molar-refractivity contribution is 7.13. The van der Waals surface area contributed by atoms with Crippen LogP contribution in [0.1, 0.15) is 31.6 Å². The molecule has 2 atom stereocenters. The van der Waals surface area contributed by atoms with E-state index in [1.807, 2.05) is 17.5 Å². The van der Waals surface area contributed by atoms with Gasteiger partial charge in [0, 0.05) is 12.1 Å². The van der Waals surface area contributed by atoms with Crippen LogP contribution >= 0.6 is 11.3 Å². The van der Waals surface area contributed by atoms with E-state index in [9.17, 15) is 5.11 Å². The lowest BCUT2D eigenvalue weighted by molar-refractivity contribution is 0.0267. The van der Waals surface area contributed by atoms with Gasteiger partial charge in [-0.25, -0.2) is 0 Å². The third kappa shape index (κ3) is 2.17. The summed E-state index contributed by atoms with van der Waals surface area (Å²) in [6.45, 7) is 0.709. The maximum Gasteiger partial charge on any atom is 0.257 e. The second-order valence-electron chi connectivity index (χ2n) is 5.66. The van der Waals surface area contributed by atoms with E-state index in [0.717, 1.165) is 17.7 Å². The smallest absolute Gasteiger partial charge is 0.257 e. The molecule has 2 aromatic heterocycles. The minimum absolute atomic E-state index is 0.131. The van der Waals surface area contributed by atoms with E-state index in [1.165, 1.54) is 12.8 Å². The first kappa shape index (κ1) is 12.5. The minimum atomic E-state index is -0.131. The summed E-state index contributed by atoms with van der Waals surface area (Å²) in [6, 6.07) is 4.92. The Hall–Kier alpha value is -1.24. The zero-order valence-corrected chi connectivity index (χ0v) is 11.9. The maximum absolute atomic E-state index is 9.83. The fourth-order valence-corrected chi connectivity index (χ4v) is 4.12. The van der Waals surface area contributed by atoms with Crippen LogP contribution < -0.4 is 0 Å². The van der Waals surface area contributed by atoms with Crippen LogP contribution in [0.25, 0.3) is 10.8 Å². The van der Waals surface area contributed by atoms with E-state index < -0.39 is 0 Å². The van der Waals surface area contributed by atoms with Crippen LogP contribution in [0.2, 0.25) is 0 Å². The first-order valence-electron chi connectivity index (χ1n) is 7.09. The molecule has 2 unspecified atom stereocenters. The molecule has 0 aromatic carbocycles. The number of fused-ring (bicyclic) bond motifs is 2. The fourth-order valence-electron chi connectivity index (χ4n) is 3.48. The van der Waals surface area contributed by atoms with Crippen molar-refractivity contribution < 1.29 is 9.52 Å². The van der Waals surface area contributed by atoms with E-state index in [0.29, 0.717) is 30.4 Å². The summed E-state index contributed by atoms with van der Waals surface area (Å²) in [5.74, 6) is 1.29. The third-order valence-electron chi connectivity index (χ3n) is 4.38. The second-order valence-corrected chi connectivity index (χ2v) is 6.61. The average Bonchev–Trinajstić information content (AvgIpc) is 3.12. The monoisotopic (exact) mass is 291 g/mol. The summed E-state index contributed by atoms with van der Waals surface area (Å²) in [5, 5.41) is 20.1. The first-order valence-corrected chi connectivity index (χ1v) is 7.97. The predicted molar refractivity (Wildman–Crippen MR) is 75.2 cm³/mol. The molecule has 2 aliphatic heterocycles. The molecule has 106 valence electrons. The number of hydrogen-bond donors (Lipinski definition) is 1. The highest BCUT2D eigenvalue weighted by Gasteiger charge is 2.40. The van der Waals surface area contributed by atoms with Gasteiger partial charge in [0.1, 0.15) is 0 Å². The molecule has 2 saturated heterocycles. The summed E-state index contributed by atoms with van der Waals surface area (Å²) in [5.41, 5.74) is 0. The Balaban J connectivity index is 1.50. The molecular weight excluding hydrogens is 274 g/mol. The van der Waals surface area contributed by atoms with Crippen molar-refractivity contribution in [2.45, 2.75) is 50.4 Å². The lowest BCUT2D eigenvalue weighted by atomic mass is 10.00. The minimum Gasteiger partial charge on any atom is -0.419 e. The molecule has 1 N–H and O–H groups in total. The number of rotatable bonds is 3. The van der Waals surface area contributed by atoms with Crippen molar-refractivity contribution in [2.24, 2.45) is 0 Å². The molecule has 2 aromatic rings. The van der Waals surface area contributed by atoms with Crippen LogP contribution in [0.4, 0.5) is 0 Å². The largest absolute Gasteiger partial charge is 0.419 e. The van der Waals surface area contributed by atoms with E-state index in [1.54, 1.807) is 11.3 Å². The van der Waals surface area contributed by atoms with Crippen LogP contribution in [0.15, 0.2) is 21.9 Å². The van der Waals surface area contributed by atoms with E-state index in [-0.39, 0.29) is 6.10 Å². The average molecular weight is 291 g/mol. The van der Waals surface area contributed by atoms with Gasteiger partial charge in [-0.1, -0.05) is 6.07 Å². The Labute approximate surface area is 121 Å². The zero-order chi connectivity index (χ0) is 13.5. The molecule has 0 aliphatic carbocycles. The van der Waals surface area contributed by atoms with Gasteiger partial charge in [0.25, 0.3) is 5.89 Å². The van der Waals surface area contributed by atoms with Gasteiger partial charge in [0.15, 0.2) is 0 Å². The molecular formula is C14H17N3O2S. The summed E-state index contributed by atoms with van der Waals surface area (Å²) in [7, 11) is 0. The first-order chi connectivity index (χ1) is 9.79. The Bertz CT molecular complexity index is 569. The molecule has 0 amide bonds. The lowest BCUT2D eigenvalue weighted by Crippen LogP contribution is -2.44. The normalized spacial score (nSPS) is 29.9. The zero-order valence-electron chi connectivity index (χ0n) is 11.1. The van der Waals surface area contributed by atoms with Gasteiger partial charge < -0.3 is 9.52 Å². The van der Waals surface area contributed by atoms with Crippen molar-refractivity contribution >= 4 is 11.3 Å². The van der Waals surface area contributed by atoms with Crippen LogP contribution in [0.3, 0.4) is 0 Å². The standard InChI is InChI=1S/C14H17N3O2S/c18-11-6-9-3-4-10(7-11)17(9)8-13-15-16-14(19-13)12-2-1-5-20-12/h1-2,5,9-11,18H,3-4,6-8H2. The molecule has 0 radical (unpaired) electrons. The summed E-state index contributed by atoms with van der Waals surface area (Å²) in [4.78, 5) is 3.44. The van der Waals surface area contributed by atoms with Gasteiger partial charge in [-0.2, -0.15) is 0 Å². The molecule has 5 nitrogen and oxygen atoms in total. The van der Waals surface area contributed by atoms with Crippen molar-refractivity contribution in [2.75, 3.05) is 0 Å². The molecule has 4 rings (SSSR count). The number of thiophene rings is 1. The van der Waals surface area contributed by atoms with Gasteiger partial charge in [-0.3, -0.25) is 4.90 Å². The molecule has 2 fully saturated rings. The Kier molecular flexibility index (Phi) is 3.09. The van der Waals surface area contributed by atoms with Gasteiger partial charge in [0.2, 0.25) is 5.89 Å². The molecule has 2 bridgehead atoms. The number of aliphatic hydroxyl groups excluding tert-OH is 1. The molecule has 4 heterocycles. The molecule has 0 saturated carbocycles. The topological polar surface area (TPSA) is 62.4 Å². The van der Waals surface area contributed by atoms with Gasteiger partial charge in [0.05, 0.1) is 17.5 Å². The van der Waals surface area contributed by atoms with E-state index in [4.69, 9.17) is 4.42 Å². The van der Waals surface area contributed by atoms with Crippen LogP contribution in [0.5, 0.6) is 0 Å². The van der Waals surface area contributed by atoms with Crippen molar-refractivity contribution in [1.82, 2.24) is 15.1 Å². The summed E-state index contributed by atoms with van der Waals surface area (Å²) >= 11 is 1.61. The maximum atomic E-state index is 9.83. The highest BCUT2D eigenvalue weighted by atomic mass is 32.1. The SMILES string of the molecule is OC1CC2CCC(C1)N2Cc1nnc(-c2cccs2)o1. The quantitative estimate of drug-likeness (QED) is 0.940. The summed E-state index contributed by atoms with van der Waals surface area (Å²) in [6.07, 6.45) is 3.97. The molecule has 0 spiro atoms. The van der Waals surface area contributed by atoms with Gasteiger partial charge >= 0.3 is 0 Å². The van der Waals surface area contributed by atoms with Crippen molar-refractivity contribution in [3.05, 3.63) is 23.4 Å². The highest BCUT2D eigenvalue weighted by Crippen LogP contribution is 2.36.